The van der Waals surface area contributed by atoms with Gasteiger partial charge >= 0.3 is 0 Å². The van der Waals surface area contributed by atoms with Gasteiger partial charge in [-0.25, -0.2) is 5.48 Å². The fraction of sp³-hybridized carbons (Fsp3) is 0.167. The molecule has 1 heterocycles. The fourth-order valence-corrected chi connectivity index (χ4v) is 1.77. The number of hydrogen-bond acceptors (Lipinski definition) is 4. The van der Waals surface area contributed by atoms with Crippen molar-refractivity contribution in [3.63, 3.8) is 0 Å². The fourth-order valence-electron chi connectivity index (χ4n) is 1.49. The molecule has 0 aliphatic heterocycles. The van der Waals surface area contributed by atoms with Gasteiger partial charge in [0.15, 0.2) is 5.84 Å². The number of nitrogens with zero attached hydrogens (tertiary/aromatic N) is 2. The summed E-state index contributed by atoms with van der Waals surface area (Å²) in [6.45, 7) is 2.47. The van der Waals surface area contributed by atoms with Crippen LogP contribution in [0.1, 0.15) is 16.9 Å². The molecule has 1 aromatic heterocycles. The second-order valence-electron chi connectivity index (χ2n) is 3.72. The largest absolute Gasteiger partial charge is 0.352 e. The normalized spacial score (nSPS) is 11.6. The first kappa shape index (κ1) is 12.8. The van der Waals surface area contributed by atoms with Crippen LogP contribution in [0.2, 0.25) is 0 Å². The summed E-state index contributed by atoms with van der Waals surface area (Å²) in [7, 11) is 0. The van der Waals surface area contributed by atoms with E-state index in [-0.39, 0.29) is 5.84 Å². The Labute approximate surface area is 113 Å². The average molecular weight is 310 g/mol. The molecule has 0 amide bonds. The summed E-state index contributed by atoms with van der Waals surface area (Å²) in [6, 6.07) is 9.56. The molecule has 0 saturated carbocycles. The zero-order valence-electron chi connectivity index (χ0n) is 9.72. The smallest absolute Gasteiger partial charge is 0.204 e. The van der Waals surface area contributed by atoms with Crippen molar-refractivity contribution < 1.29 is 9.73 Å². The summed E-state index contributed by atoms with van der Waals surface area (Å²) >= 11 is 3.17. The zero-order valence-corrected chi connectivity index (χ0v) is 11.3. The molecule has 1 aromatic carbocycles. The van der Waals surface area contributed by atoms with E-state index >= 15 is 0 Å². The lowest BCUT2D eigenvalue weighted by Gasteiger charge is -2.03. The van der Waals surface area contributed by atoms with E-state index in [2.05, 4.69) is 26.1 Å². The highest BCUT2D eigenvalue weighted by atomic mass is 79.9. The number of aliphatic imine (C=N–C) groups is 1. The van der Waals surface area contributed by atoms with Crippen molar-refractivity contribution >= 4 is 21.8 Å². The monoisotopic (exact) mass is 309 g/mol. The number of nitrogens with one attached hydrogen (secondary N) is 1. The number of halogens is 1. The van der Waals surface area contributed by atoms with E-state index in [1.165, 1.54) is 0 Å². The van der Waals surface area contributed by atoms with E-state index in [4.69, 9.17) is 9.73 Å². The second kappa shape index (κ2) is 5.79. The third-order valence-corrected chi connectivity index (χ3v) is 2.86. The van der Waals surface area contributed by atoms with Crippen molar-refractivity contribution in [2.45, 2.75) is 13.5 Å². The third kappa shape index (κ3) is 2.96. The van der Waals surface area contributed by atoms with Gasteiger partial charge in [0.1, 0.15) is 4.60 Å². The Morgan fingerprint density at radius 1 is 1.50 bits per heavy atom. The van der Waals surface area contributed by atoms with Gasteiger partial charge in [-0.1, -0.05) is 29.4 Å². The molecule has 2 aromatic rings. The lowest BCUT2D eigenvalue weighted by atomic mass is 10.1. The van der Waals surface area contributed by atoms with E-state index < -0.39 is 0 Å². The number of hydrogen-bond donors (Lipinski definition) is 2. The van der Waals surface area contributed by atoms with Crippen LogP contribution in [0, 0.1) is 6.92 Å². The molecule has 5 nitrogen and oxygen atoms in total. The Morgan fingerprint density at radius 3 is 2.89 bits per heavy atom. The minimum atomic E-state index is 0.247. The molecular formula is C12H12BrN3O2. The molecule has 0 bridgehead atoms. The van der Waals surface area contributed by atoms with E-state index in [1.54, 1.807) is 6.07 Å². The minimum Gasteiger partial charge on any atom is -0.352 e. The highest BCUT2D eigenvalue weighted by molar-refractivity contribution is 9.10. The van der Waals surface area contributed by atoms with E-state index in [0.717, 1.165) is 11.1 Å². The van der Waals surface area contributed by atoms with Gasteiger partial charge in [-0.05, 0) is 34.0 Å². The van der Waals surface area contributed by atoms with Crippen molar-refractivity contribution in [3.8, 4) is 0 Å². The van der Waals surface area contributed by atoms with Crippen LogP contribution < -0.4 is 5.48 Å². The molecule has 0 atom stereocenters. The van der Waals surface area contributed by atoms with Crippen LogP contribution in [0.3, 0.4) is 0 Å². The van der Waals surface area contributed by atoms with Crippen LogP contribution in [0.15, 0.2) is 44.5 Å². The number of rotatable bonds is 3. The van der Waals surface area contributed by atoms with Crippen molar-refractivity contribution in [1.29, 1.82) is 0 Å². The third-order valence-electron chi connectivity index (χ3n) is 2.49. The summed E-state index contributed by atoms with van der Waals surface area (Å²) in [5, 5.41) is 12.7. The molecule has 0 saturated heterocycles. The van der Waals surface area contributed by atoms with Gasteiger partial charge in [0.05, 0.1) is 6.54 Å². The van der Waals surface area contributed by atoms with Crippen LogP contribution in [-0.2, 0) is 6.54 Å². The molecule has 0 unspecified atom stereocenters. The molecule has 18 heavy (non-hydrogen) atoms. The summed E-state index contributed by atoms with van der Waals surface area (Å²) < 4.78 is 5.54. The first-order chi connectivity index (χ1) is 8.70. The molecule has 2 N–H and O–H groups in total. The van der Waals surface area contributed by atoms with Crippen molar-refractivity contribution in [2.24, 2.45) is 4.99 Å². The Morgan fingerprint density at radius 2 is 2.28 bits per heavy atom. The van der Waals surface area contributed by atoms with Gasteiger partial charge in [-0.2, -0.15) is 0 Å². The summed E-state index contributed by atoms with van der Waals surface area (Å²) in [5.74, 6) is 0.620. The molecule has 0 aliphatic carbocycles. The lowest BCUT2D eigenvalue weighted by Crippen LogP contribution is -2.20. The standard InChI is InChI=1S/C12H12BrN3O2/c1-8-4-2-3-5-9(8)7-14-12(15-17)10-6-11(13)16-18-10/h2-6,17H,7H2,1H3,(H,14,15). The predicted molar refractivity (Wildman–Crippen MR) is 70.5 cm³/mol. The van der Waals surface area contributed by atoms with Crippen molar-refractivity contribution in [1.82, 2.24) is 10.6 Å². The maximum absolute atomic E-state index is 9.05. The van der Waals surface area contributed by atoms with Crippen LogP contribution in [0.25, 0.3) is 0 Å². The van der Waals surface area contributed by atoms with Crippen LogP contribution in [0.5, 0.6) is 0 Å². The van der Waals surface area contributed by atoms with Crippen molar-refractivity contribution in [3.05, 3.63) is 51.8 Å². The number of amidine groups is 1. The topological polar surface area (TPSA) is 70.7 Å². The molecule has 0 spiro atoms. The first-order valence-corrected chi connectivity index (χ1v) is 6.11. The second-order valence-corrected chi connectivity index (χ2v) is 4.53. The van der Waals surface area contributed by atoms with E-state index in [1.807, 2.05) is 36.7 Å². The van der Waals surface area contributed by atoms with Crippen LogP contribution in [0.4, 0.5) is 0 Å². The maximum Gasteiger partial charge on any atom is 0.204 e. The number of aromatic nitrogens is 1. The van der Waals surface area contributed by atoms with Gasteiger partial charge in [0.25, 0.3) is 0 Å². The average Bonchev–Trinajstić information content (AvgIpc) is 2.79. The van der Waals surface area contributed by atoms with Gasteiger partial charge in [0, 0.05) is 6.07 Å². The summed E-state index contributed by atoms with van der Waals surface area (Å²) in [4.78, 5) is 4.26. The highest BCUT2D eigenvalue weighted by Gasteiger charge is 2.09. The van der Waals surface area contributed by atoms with Crippen LogP contribution >= 0.6 is 15.9 Å². The summed E-state index contributed by atoms with van der Waals surface area (Å²) in [5.41, 5.74) is 4.25. The Bertz CT molecular complexity index is 566. The molecular weight excluding hydrogens is 298 g/mol. The number of benzene rings is 1. The summed E-state index contributed by atoms with van der Waals surface area (Å²) in [6.07, 6.45) is 0. The SMILES string of the molecule is Cc1ccccc1CN=C(NO)c1cc(Br)no1. The molecule has 2 rings (SSSR count). The Kier molecular flexibility index (Phi) is 4.11. The van der Waals surface area contributed by atoms with Gasteiger partial charge in [0.2, 0.25) is 5.76 Å². The highest BCUT2D eigenvalue weighted by Crippen LogP contribution is 2.12. The van der Waals surface area contributed by atoms with Crippen molar-refractivity contribution in [2.75, 3.05) is 0 Å². The molecule has 0 aliphatic rings. The Balaban J connectivity index is 2.19. The van der Waals surface area contributed by atoms with E-state index in [0.29, 0.717) is 16.9 Å². The van der Waals surface area contributed by atoms with Crippen LogP contribution in [-0.4, -0.2) is 16.2 Å². The minimum absolute atomic E-state index is 0.247. The molecule has 6 heteroatoms. The quantitative estimate of drug-likeness (QED) is 0.519. The van der Waals surface area contributed by atoms with Gasteiger partial charge < -0.3 is 4.52 Å². The zero-order chi connectivity index (χ0) is 13.0. The Hall–Kier alpha value is -1.66. The maximum atomic E-state index is 9.05. The van der Waals surface area contributed by atoms with Gasteiger partial charge in [-0.15, -0.1) is 0 Å². The number of hydroxylamine groups is 1. The predicted octanol–water partition coefficient (Wildman–Crippen LogP) is 2.67. The lowest BCUT2D eigenvalue weighted by molar-refractivity contribution is 0.231. The first-order valence-electron chi connectivity index (χ1n) is 5.32. The van der Waals surface area contributed by atoms with E-state index in [9.17, 15) is 0 Å². The molecule has 94 valence electrons. The number of aryl methyl sites for hydroxylation is 1. The molecule has 0 radical (unpaired) electrons. The molecule has 0 fully saturated rings. The van der Waals surface area contributed by atoms with Gasteiger partial charge in [-0.3, -0.25) is 10.2 Å².